The Morgan fingerprint density at radius 2 is 2.17 bits per heavy atom. The molecule has 5 heteroatoms. The summed E-state index contributed by atoms with van der Waals surface area (Å²) in [5.41, 5.74) is 1.54. The first-order valence-electron chi connectivity index (χ1n) is 3.54. The van der Waals surface area contributed by atoms with Crippen molar-refractivity contribution in [1.82, 2.24) is 20.3 Å². The van der Waals surface area contributed by atoms with E-state index < -0.39 is 0 Å². The van der Waals surface area contributed by atoms with Crippen LogP contribution in [0, 0.1) is 11.0 Å². The summed E-state index contributed by atoms with van der Waals surface area (Å²) in [6.07, 6.45) is 1.72. The monoisotopic (exact) mass is 158 g/mol. The Morgan fingerprint density at radius 3 is 2.67 bits per heavy atom. The zero-order valence-corrected chi connectivity index (χ0v) is 6.05. The zero-order valence-electron chi connectivity index (χ0n) is 6.05. The van der Waals surface area contributed by atoms with Gasteiger partial charge in [-0.3, -0.25) is 0 Å². The third-order valence-corrected chi connectivity index (χ3v) is 1.70. The summed E-state index contributed by atoms with van der Waals surface area (Å²) in [5, 5.41) is 11.5. The maximum Gasteiger partial charge on any atom is 0.364 e. The topological polar surface area (TPSA) is 55.4 Å². The molecule has 3 rings (SSSR count). The quantitative estimate of drug-likeness (QED) is 0.432. The van der Waals surface area contributed by atoms with Gasteiger partial charge in [0.05, 0.1) is 0 Å². The van der Waals surface area contributed by atoms with Gasteiger partial charge >= 0.3 is 11.0 Å². The van der Waals surface area contributed by atoms with Gasteiger partial charge in [-0.1, -0.05) is 15.8 Å². The highest BCUT2D eigenvalue weighted by Crippen LogP contribution is 1.93. The summed E-state index contributed by atoms with van der Waals surface area (Å²) in [7, 11) is 0. The van der Waals surface area contributed by atoms with Crippen molar-refractivity contribution in [2.24, 2.45) is 0 Å². The fraction of sp³-hybridized carbons (Fsp3) is 0. The normalized spacial score (nSPS) is 11.3. The van der Waals surface area contributed by atoms with Crippen molar-refractivity contribution in [1.29, 1.82) is 0 Å². The first kappa shape index (κ1) is 5.70. The van der Waals surface area contributed by atoms with Crippen molar-refractivity contribution in [3.63, 3.8) is 0 Å². The molecule has 0 amide bonds. The summed E-state index contributed by atoms with van der Waals surface area (Å²) in [4.78, 5) is 4.12. The standard InChI is InChI=1S/C7H4N5/c1-2-4-8-5(3-1)12-7-6(11-12)9-10-7/h1-4H/q+1. The van der Waals surface area contributed by atoms with E-state index in [1.165, 1.54) is 0 Å². The van der Waals surface area contributed by atoms with Gasteiger partial charge in [-0.05, 0) is 11.2 Å². The Balaban J connectivity index is 2.21. The molecule has 0 spiro atoms. The molecule has 0 aliphatic carbocycles. The van der Waals surface area contributed by atoms with Crippen molar-refractivity contribution in [2.75, 3.05) is 0 Å². The van der Waals surface area contributed by atoms with Crippen LogP contribution in [-0.4, -0.2) is 20.3 Å². The smallest absolute Gasteiger partial charge is 0.110 e. The molecule has 56 valence electrons. The number of rotatable bonds is 1. The molecule has 3 heterocycles. The van der Waals surface area contributed by atoms with Crippen LogP contribution in [0.5, 0.6) is 0 Å². The van der Waals surface area contributed by atoms with Crippen LogP contribution in [0.3, 0.4) is 0 Å². The molecule has 2 aliphatic rings. The molecular weight excluding hydrogens is 154 g/mol. The Morgan fingerprint density at radius 1 is 1.17 bits per heavy atom. The van der Waals surface area contributed by atoms with Gasteiger partial charge in [0, 0.05) is 11.2 Å². The molecule has 0 atom stereocenters. The van der Waals surface area contributed by atoms with E-state index in [0.717, 1.165) is 16.8 Å². The van der Waals surface area contributed by atoms with Gasteiger partial charge in [-0.25, -0.2) is 0 Å². The third-order valence-electron chi connectivity index (χ3n) is 1.70. The molecule has 0 unspecified atom stereocenters. The van der Waals surface area contributed by atoms with Gasteiger partial charge < -0.3 is 0 Å². The average molecular weight is 158 g/mol. The van der Waals surface area contributed by atoms with E-state index in [2.05, 4.69) is 20.3 Å². The van der Waals surface area contributed by atoms with Crippen molar-refractivity contribution >= 4 is 0 Å². The van der Waals surface area contributed by atoms with Crippen LogP contribution < -0.4 is 4.68 Å². The van der Waals surface area contributed by atoms with Crippen molar-refractivity contribution in [3.05, 3.63) is 35.4 Å². The summed E-state index contributed by atoms with van der Waals surface area (Å²) in [6, 6.07) is 5.65. The molecule has 1 aromatic rings. The second-order valence-corrected chi connectivity index (χ2v) is 2.45. The third kappa shape index (κ3) is 0.554. The van der Waals surface area contributed by atoms with Crippen LogP contribution in [0.2, 0.25) is 0 Å². The molecule has 0 fully saturated rings. The van der Waals surface area contributed by atoms with Crippen LogP contribution in [0.25, 0.3) is 5.82 Å². The van der Waals surface area contributed by atoms with E-state index in [4.69, 9.17) is 0 Å². The van der Waals surface area contributed by atoms with Gasteiger partial charge in [0.2, 0.25) is 0 Å². The molecule has 0 bridgehead atoms. The van der Waals surface area contributed by atoms with E-state index >= 15 is 0 Å². The Hall–Kier alpha value is -1.91. The van der Waals surface area contributed by atoms with E-state index in [1.54, 1.807) is 10.9 Å². The van der Waals surface area contributed by atoms with Gasteiger partial charge in [-0.15, -0.1) is 4.98 Å². The maximum absolute atomic E-state index is 4.12. The minimum absolute atomic E-state index is 0.723. The first-order valence-corrected chi connectivity index (χ1v) is 3.54. The summed E-state index contributed by atoms with van der Waals surface area (Å²) in [5.74, 6) is 0.787. The maximum atomic E-state index is 4.12. The SMILES string of the molecule is c1ccc(-[n+]2nc3nnc2=3)nc1. The number of hydrogen-bond acceptors (Lipinski definition) is 4. The summed E-state index contributed by atoms with van der Waals surface area (Å²) >= 11 is 0. The molecule has 1 aromatic heterocycles. The second-order valence-electron chi connectivity index (χ2n) is 2.45. The van der Waals surface area contributed by atoms with Gasteiger partial charge in [-0.2, -0.15) is 0 Å². The molecule has 12 heavy (non-hydrogen) atoms. The molecule has 0 saturated heterocycles. The van der Waals surface area contributed by atoms with E-state index in [0.29, 0.717) is 0 Å². The molecule has 2 aliphatic heterocycles. The lowest BCUT2D eigenvalue weighted by molar-refractivity contribution is -0.698. The zero-order chi connectivity index (χ0) is 7.97. The average Bonchev–Trinajstić information content (AvgIpc) is 2.11. The Kier molecular flexibility index (Phi) is 0.864. The van der Waals surface area contributed by atoms with Crippen LogP contribution >= 0.6 is 0 Å². The molecule has 0 aromatic carbocycles. The number of hydrogen-bond donors (Lipinski definition) is 0. The molecule has 0 N–H and O–H groups in total. The fourth-order valence-electron chi connectivity index (χ4n) is 1.08. The predicted octanol–water partition coefficient (Wildman–Crippen LogP) is -0.856. The lowest BCUT2D eigenvalue weighted by Crippen LogP contribution is -2.47. The fourth-order valence-corrected chi connectivity index (χ4v) is 1.08. The van der Waals surface area contributed by atoms with Crippen molar-refractivity contribution in [3.8, 4) is 5.82 Å². The first-order chi connectivity index (χ1) is 5.95. The summed E-state index contributed by atoms with van der Waals surface area (Å²) < 4.78 is 1.67. The van der Waals surface area contributed by atoms with Crippen LogP contribution in [0.1, 0.15) is 0 Å². The van der Waals surface area contributed by atoms with E-state index in [-0.39, 0.29) is 0 Å². The number of pyridine rings is 1. The molecular formula is C7H4N5+. The minimum Gasteiger partial charge on any atom is -0.110 e. The molecule has 0 radical (unpaired) electrons. The number of aromatic nitrogens is 5. The highest BCUT2D eigenvalue weighted by atomic mass is 15.4. The van der Waals surface area contributed by atoms with Crippen molar-refractivity contribution in [2.45, 2.75) is 0 Å². The Labute approximate surface area is 67.0 Å². The number of nitrogens with zero attached hydrogens (tertiary/aromatic N) is 5. The van der Waals surface area contributed by atoms with E-state index in [1.807, 2.05) is 18.2 Å². The highest BCUT2D eigenvalue weighted by molar-refractivity contribution is 5.09. The van der Waals surface area contributed by atoms with Gasteiger partial charge in [0.25, 0.3) is 5.82 Å². The van der Waals surface area contributed by atoms with E-state index in [9.17, 15) is 0 Å². The molecule has 0 saturated carbocycles. The van der Waals surface area contributed by atoms with Crippen LogP contribution in [-0.2, 0) is 0 Å². The lowest BCUT2D eigenvalue weighted by Gasteiger charge is -1.98. The van der Waals surface area contributed by atoms with Crippen molar-refractivity contribution < 1.29 is 4.68 Å². The van der Waals surface area contributed by atoms with Gasteiger partial charge in [0.15, 0.2) is 0 Å². The van der Waals surface area contributed by atoms with Crippen LogP contribution in [0.15, 0.2) is 24.4 Å². The largest absolute Gasteiger partial charge is 0.364 e. The molecule has 5 nitrogen and oxygen atoms in total. The summed E-state index contributed by atoms with van der Waals surface area (Å²) in [6.45, 7) is 0. The Bertz CT molecular complexity index is 521. The van der Waals surface area contributed by atoms with Gasteiger partial charge in [0.1, 0.15) is 6.20 Å². The second kappa shape index (κ2) is 1.82. The highest BCUT2D eigenvalue weighted by Gasteiger charge is 2.21. The lowest BCUT2D eigenvalue weighted by atomic mass is 10.4. The van der Waals surface area contributed by atoms with Crippen LogP contribution in [0.4, 0.5) is 0 Å². The minimum atomic E-state index is 0.723. The predicted molar refractivity (Wildman–Crippen MR) is 36.8 cm³/mol.